The Labute approximate surface area is 166 Å². The fourth-order valence-electron chi connectivity index (χ4n) is 2.25. The molecule has 0 fully saturated rings. The number of carbonyl (C=O) groups is 2. The van der Waals surface area contributed by atoms with Crippen LogP contribution in [0.3, 0.4) is 0 Å². The highest BCUT2D eigenvalue weighted by molar-refractivity contribution is 7.99. The highest BCUT2D eigenvalue weighted by Gasteiger charge is 2.10. The topological polar surface area (TPSA) is 99.8 Å². The first-order valence-corrected chi connectivity index (χ1v) is 9.57. The number of thioether (sulfide) groups is 1. The molecule has 142 valence electrons. The van der Waals surface area contributed by atoms with Gasteiger partial charge in [-0.3, -0.25) is 15.2 Å². The average Bonchev–Trinajstić information content (AvgIpc) is 3.19. The lowest BCUT2D eigenvalue weighted by molar-refractivity contribution is -0.117. The SMILES string of the molecule is O=C(CSc1n[nH]c(/C=C/c2ccccc2)n1)NC(=O)NCc1ccccc1. The van der Waals surface area contributed by atoms with Crippen LogP contribution in [-0.4, -0.2) is 32.9 Å². The molecule has 0 aliphatic rings. The summed E-state index contributed by atoms with van der Waals surface area (Å²) in [5, 5.41) is 12.2. The van der Waals surface area contributed by atoms with Crippen LogP contribution in [0.1, 0.15) is 17.0 Å². The molecule has 7 nitrogen and oxygen atoms in total. The average molecular weight is 393 g/mol. The van der Waals surface area contributed by atoms with Crippen molar-refractivity contribution in [2.24, 2.45) is 0 Å². The van der Waals surface area contributed by atoms with Crippen LogP contribution in [0.25, 0.3) is 12.2 Å². The summed E-state index contributed by atoms with van der Waals surface area (Å²) in [6.45, 7) is 0.352. The van der Waals surface area contributed by atoms with E-state index in [1.807, 2.05) is 72.8 Å². The first-order valence-electron chi connectivity index (χ1n) is 8.59. The molecule has 8 heteroatoms. The van der Waals surface area contributed by atoms with Gasteiger partial charge >= 0.3 is 6.03 Å². The van der Waals surface area contributed by atoms with E-state index >= 15 is 0 Å². The maximum Gasteiger partial charge on any atom is 0.321 e. The van der Waals surface area contributed by atoms with Crippen LogP contribution in [0, 0.1) is 0 Å². The number of urea groups is 1. The van der Waals surface area contributed by atoms with Gasteiger partial charge in [-0.05, 0) is 17.2 Å². The molecular weight excluding hydrogens is 374 g/mol. The van der Waals surface area contributed by atoms with Gasteiger partial charge in [0, 0.05) is 6.54 Å². The number of imide groups is 1. The van der Waals surface area contributed by atoms with Gasteiger partial charge < -0.3 is 5.32 Å². The molecule has 0 aliphatic heterocycles. The third-order valence-corrected chi connectivity index (χ3v) is 4.44. The third-order valence-electron chi connectivity index (χ3n) is 3.60. The zero-order valence-electron chi connectivity index (χ0n) is 15.0. The number of hydrogen-bond acceptors (Lipinski definition) is 5. The maximum absolute atomic E-state index is 11.9. The van der Waals surface area contributed by atoms with Gasteiger partial charge in [0.05, 0.1) is 5.75 Å². The van der Waals surface area contributed by atoms with Crippen LogP contribution in [0.15, 0.2) is 65.8 Å². The summed E-state index contributed by atoms with van der Waals surface area (Å²) in [6, 6.07) is 18.8. The molecule has 0 spiro atoms. The van der Waals surface area contributed by atoms with Crippen LogP contribution in [-0.2, 0) is 11.3 Å². The Morgan fingerprint density at radius 1 is 1.00 bits per heavy atom. The van der Waals surface area contributed by atoms with Crippen molar-refractivity contribution in [3.63, 3.8) is 0 Å². The van der Waals surface area contributed by atoms with E-state index in [0.29, 0.717) is 17.5 Å². The van der Waals surface area contributed by atoms with E-state index < -0.39 is 11.9 Å². The molecular formula is C20H19N5O2S. The van der Waals surface area contributed by atoms with Crippen LogP contribution in [0.5, 0.6) is 0 Å². The first kappa shape index (κ1) is 19.4. The van der Waals surface area contributed by atoms with Gasteiger partial charge in [-0.1, -0.05) is 78.5 Å². The Balaban J connectivity index is 1.40. The Hall–Kier alpha value is -3.39. The smallest absolute Gasteiger partial charge is 0.321 e. The third kappa shape index (κ3) is 6.40. The van der Waals surface area contributed by atoms with Crippen molar-refractivity contribution in [2.75, 3.05) is 5.75 Å². The molecule has 0 atom stereocenters. The second-order valence-corrected chi connectivity index (χ2v) is 6.69. The number of benzene rings is 2. The van der Waals surface area contributed by atoms with Crippen molar-refractivity contribution < 1.29 is 9.59 Å². The minimum Gasteiger partial charge on any atom is -0.334 e. The van der Waals surface area contributed by atoms with Crippen molar-refractivity contribution >= 4 is 35.9 Å². The molecule has 3 amide bonds. The van der Waals surface area contributed by atoms with Gasteiger partial charge in [-0.15, -0.1) is 5.10 Å². The lowest BCUT2D eigenvalue weighted by Gasteiger charge is -2.06. The summed E-state index contributed by atoms with van der Waals surface area (Å²) in [5.41, 5.74) is 2.00. The normalized spacial score (nSPS) is 10.7. The molecule has 0 unspecified atom stereocenters. The summed E-state index contributed by atoms with van der Waals surface area (Å²) in [7, 11) is 0. The summed E-state index contributed by atoms with van der Waals surface area (Å²) in [6.07, 6.45) is 3.72. The van der Waals surface area contributed by atoms with Crippen molar-refractivity contribution in [2.45, 2.75) is 11.7 Å². The van der Waals surface area contributed by atoms with E-state index in [1.165, 1.54) is 0 Å². The molecule has 0 bridgehead atoms. The van der Waals surface area contributed by atoms with Gasteiger partial charge in [-0.2, -0.15) is 0 Å². The molecule has 1 aromatic heterocycles. The number of amides is 3. The van der Waals surface area contributed by atoms with Gasteiger partial charge in [0.25, 0.3) is 0 Å². The van der Waals surface area contributed by atoms with E-state index in [9.17, 15) is 9.59 Å². The molecule has 1 heterocycles. The zero-order chi connectivity index (χ0) is 19.6. The number of H-pyrrole nitrogens is 1. The van der Waals surface area contributed by atoms with Crippen molar-refractivity contribution in [1.29, 1.82) is 0 Å². The molecule has 3 aromatic rings. The Bertz CT molecular complexity index is 941. The molecule has 0 saturated carbocycles. The summed E-state index contributed by atoms with van der Waals surface area (Å²) in [4.78, 5) is 27.9. The Morgan fingerprint density at radius 3 is 2.46 bits per heavy atom. The van der Waals surface area contributed by atoms with Crippen LogP contribution in [0.2, 0.25) is 0 Å². The highest BCUT2D eigenvalue weighted by atomic mass is 32.2. The fourth-order valence-corrected chi connectivity index (χ4v) is 2.86. The fraction of sp³-hybridized carbons (Fsp3) is 0.100. The first-order chi connectivity index (χ1) is 13.7. The molecule has 2 aromatic carbocycles. The van der Waals surface area contributed by atoms with E-state index in [1.54, 1.807) is 0 Å². The van der Waals surface area contributed by atoms with Crippen LogP contribution < -0.4 is 10.6 Å². The van der Waals surface area contributed by atoms with Crippen molar-refractivity contribution in [3.05, 3.63) is 77.6 Å². The Morgan fingerprint density at radius 2 is 1.71 bits per heavy atom. The minimum atomic E-state index is -0.532. The lowest BCUT2D eigenvalue weighted by atomic mass is 10.2. The number of hydrogen-bond donors (Lipinski definition) is 3. The zero-order valence-corrected chi connectivity index (χ0v) is 15.8. The summed E-state index contributed by atoms with van der Waals surface area (Å²) < 4.78 is 0. The second kappa shape index (κ2) is 10.1. The van der Waals surface area contributed by atoms with E-state index in [4.69, 9.17) is 0 Å². The number of aromatic amines is 1. The van der Waals surface area contributed by atoms with Crippen molar-refractivity contribution in [1.82, 2.24) is 25.8 Å². The number of rotatable bonds is 7. The number of carbonyl (C=O) groups excluding carboxylic acids is 2. The minimum absolute atomic E-state index is 0.0401. The largest absolute Gasteiger partial charge is 0.334 e. The molecule has 0 radical (unpaired) electrons. The second-order valence-electron chi connectivity index (χ2n) is 5.75. The van der Waals surface area contributed by atoms with E-state index in [2.05, 4.69) is 25.8 Å². The quantitative estimate of drug-likeness (QED) is 0.536. The summed E-state index contributed by atoms with van der Waals surface area (Å²) >= 11 is 1.15. The molecule has 3 rings (SSSR count). The number of nitrogens with one attached hydrogen (secondary N) is 3. The van der Waals surface area contributed by atoms with Gasteiger partial charge in [0.15, 0.2) is 0 Å². The van der Waals surface area contributed by atoms with Crippen molar-refractivity contribution in [3.8, 4) is 0 Å². The van der Waals surface area contributed by atoms with Gasteiger partial charge in [0.2, 0.25) is 11.1 Å². The number of nitrogens with zero attached hydrogens (tertiary/aromatic N) is 2. The predicted molar refractivity (Wildman–Crippen MR) is 109 cm³/mol. The molecule has 0 aliphatic carbocycles. The number of aromatic nitrogens is 3. The molecule has 3 N–H and O–H groups in total. The standard InChI is InChI=1S/C20H19N5O2S/c26-18(23-19(27)21-13-16-9-5-2-6-10-16)14-28-20-22-17(24-25-20)12-11-15-7-3-1-4-8-15/h1-12H,13-14H2,(H,22,24,25)(H2,21,23,26,27)/b12-11+. The van der Waals surface area contributed by atoms with Gasteiger partial charge in [0.1, 0.15) is 5.82 Å². The predicted octanol–water partition coefficient (Wildman–Crippen LogP) is 3.09. The summed E-state index contributed by atoms with van der Waals surface area (Å²) in [5.74, 6) is 0.215. The van der Waals surface area contributed by atoms with Crippen LogP contribution in [0.4, 0.5) is 4.79 Å². The van der Waals surface area contributed by atoms with Crippen LogP contribution >= 0.6 is 11.8 Å². The highest BCUT2D eigenvalue weighted by Crippen LogP contribution is 2.13. The lowest BCUT2D eigenvalue weighted by Crippen LogP contribution is -2.39. The molecule has 28 heavy (non-hydrogen) atoms. The monoisotopic (exact) mass is 393 g/mol. The van der Waals surface area contributed by atoms with E-state index in [-0.39, 0.29) is 5.75 Å². The Kier molecular flexibility index (Phi) is 6.97. The maximum atomic E-state index is 11.9. The van der Waals surface area contributed by atoms with Gasteiger partial charge in [-0.25, -0.2) is 9.78 Å². The van der Waals surface area contributed by atoms with E-state index in [0.717, 1.165) is 22.9 Å². The molecule has 0 saturated heterocycles.